The average molecular weight is 396 g/mol. The normalized spacial score (nSPS) is 16.1. The second kappa shape index (κ2) is 8.23. The van der Waals surface area contributed by atoms with Crippen molar-refractivity contribution in [1.82, 2.24) is 10.2 Å². The van der Waals surface area contributed by atoms with E-state index in [0.29, 0.717) is 30.7 Å². The van der Waals surface area contributed by atoms with E-state index < -0.39 is 5.91 Å². The van der Waals surface area contributed by atoms with Gasteiger partial charge in [0.1, 0.15) is 11.3 Å². The summed E-state index contributed by atoms with van der Waals surface area (Å²) in [4.78, 5) is 27.5. The van der Waals surface area contributed by atoms with Crippen LogP contribution in [0.5, 0.6) is 0 Å². The number of nitrogens with zero attached hydrogens (tertiary/aromatic N) is 1. The molecule has 0 radical (unpaired) electrons. The van der Waals surface area contributed by atoms with Gasteiger partial charge in [-0.3, -0.25) is 14.5 Å². The third kappa shape index (κ3) is 4.11. The van der Waals surface area contributed by atoms with Gasteiger partial charge >= 0.3 is 0 Å². The van der Waals surface area contributed by atoms with E-state index in [-0.39, 0.29) is 17.2 Å². The molecule has 1 aromatic carbocycles. The zero-order valence-corrected chi connectivity index (χ0v) is 16.6. The summed E-state index contributed by atoms with van der Waals surface area (Å²) in [6, 6.07) is 8.58. The van der Waals surface area contributed by atoms with Crippen molar-refractivity contribution in [1.29, 1.82) is 0 Å². The molecule has 3 heterocycles. The highest BCUT2D eigenvalue weighted by atomic mass is 16.5. The molecule has 0 bridgehead atoms. The Morgan fingerprint density at radius 1 is 1.21 bits per heavy atom. The first-order chi connectivity index (χ1) is 14.0. The highest BCUT2D eigenvalue weighted by Gasteiger charge is 2.26. The van der Waals surface area contributed by atoms with Gasteiger partial charge in [-0.15, -0.1) is 0 Å². The fourth-order valence-corrected chi connectivity index (χ4v) is 3.78. The molecule has 0 unspecified atom stereocenters. The van der Waals surface area contributed by atoms with Crippen molar-refractivity contribution in [3.8, 4) is 0 Å². The van der Waals surface area contributed by atoms with E-state index in [1.807, 2.05) is 32.0 Å². The zero-order valence-electron chi connectivity index (χ0n) is 16.6. The van der Waals surface area contributed by atoms with E-state index in [0.717, 1.165) is 30.0 Å². The lowest BCUT2D eigenvalue weighted by Gasteiger charge is -2.33. The van der Waals surface area contributed by atoms with Gasteiger partial charge in [-0.2, -0.15) is 0 Å². The van der Waals surface area contributed by atoms with Crippen LogP contribution in [0.25, 0.3) is 11.0 Å². The molecule has 1 N–H and O–H groups in total. The molecule has 1 amide bonds. The van der Waals surface area contributed by atoms with Gasteiger partial charge in [0.25, 0.3) is 5.91 Å². The lowest BCUT2D eigenvalue weighted by molar-refractivity contribution is 0.0117. The van der Waals surface area contributed by atoms with Crippen LogP contribution in [0.1, 0.15) is 33.5 Å². The number of amides is 1. The number of benzene rings is 1. The van der Waals surface area contributed by atoms with Crippen LogP contribution in [0.3, 0.4) is 0 Å². The fraction of sp³-hybridized carbons (Fsp3) is 0.364. The monoisotopic (exact) mass is 396 g/mol. The number of ether oxygens (including phenoxy) is 1. The molecule has 0 aliphatic carbocycles. The maximum absolute atomic E-state index is 12.8. The van der Waals surface area contributed by atoms with Crippen molar-refractivity contribution in [2.75, 3.05) is 32.8 Å². The molecule has 4 rings (SSSR count). The van der Waals surface area contributed by atoms with Crippen molar-refractivity contribution in [3.63, 3.8) is 0 Å². The Morgan fingerprint density at radius 2 is 2.00 bits per heavy atom. The Hall–Kier alpha value is -2.90. The smallest absolute Gasteiger partial charge is 0.287 e. The summed E-state index contributed by atoms with van der Waals surface area (Å²) in [7, 11) is 0. The minimum atomic E-state index is -0.422. The van der Waals surface area contributed by atoms with Gasteiger partial charge in [-0.05, 0) is 43.2 Å². The van der Waals surface area contributed by atoms with Crippen molar-refractivity contribution in [2.24, 2.45) is 0 Å². The number of morpholine rings is 1. The molecule has 1 aliphatic heterocycles. The molecule has 1 atom stereocenters. The quantitative estimate of drug-likeness (QED) is 0.714. The number of rotatable bonds is 5. The molecule has 152 valence electrons. The van der Waals surface area contributed by atoms with E-state index in [4.69, 9.17) is 13.6 Å². The molecule has 1 saturated heterocycles. The number of carbonyl (C=O) groups is 1. The minimum Gasteiger partial charge on any atom is -0.468 e. The van der Waals surface area contributed by atoms with Crippen molar-refractivity contribution in [3.05, 3.63) is 69.5 Å². The van der Waals surface area contributed by atoms with Gasteiger partial charge in [0, 0.05) is 25.7 Å². The molecule has 2 aromatic heterocycles. The first-order valence-electron chi connectivity index (χ1n) is 9.71. The highest BCUT2D eigenvalue weighted by Crippen LogP contribution is 2.22. The van der Waals surface area contributed by atoms with Crippen LogP contribution in [-0.4, -0.2) is 43.7 Å². The zero-order chi connectivity index (χ0) is 20.4. The van der Waals surface area contributed by atoms with Crippen LogP contribution in [0.15, 0.2) is 50.2 Å². The summed E-state index contributed by atoms with van der Waals surface area (Å²) >= 11 is 0. The molecule has 7 heteroatoms. The summed E-state index contributed by atoms with van der Waals surface area (Å²) < 4.78 is 16.8. The van der Waals surface area contributed by atoms with E-state index in [1.54, 1.807) is 12.3 Å². The molecule has 7 nitrogen and oxygen atoms in total. The maximum atomic E-state index is 12.8. The Bertz CT molecular complexity index is 1060. The third-order valence-corrected chi connectivity index (χ3v) is 5.20. The standard InChI is InChI=1S/C22H24N2O5/c1-14-10-15(2)21-16(11-14)18(25)12-20(29-21)22(26)23-13-17(19-4-3-7-28-19)24-5-8-27-9-6-24/h3-4,7,10-12,17H,5-6,8-9,13H2,1-2H3,(H,23,26)/t17-/m0/s1. The number of aryl methyl sites for hydroxylation is 2. The summed E-state index contributed by atoms with van der Waals surface area (Å²) in [5.74, 6) is 0.363. The molecule has 3 aromatic rings. The van der Waals surface area contributed by atoms with Crippen molar-refractivity contribution >= 4 is 16.9 Å². The van der Waals surface area contributed by atoms with Crippen LogP contribution in [0.2, 0.25) is 0 Å². The van der Waals surface area contributed by atoms with Gasteiger partial charge in [0.2, 0.25) is 0 Å². The van der Waals surface area contributed by atoms with E-state index in [9.17, 15) is 9.59 Å². The summed E-state index contributed by atoms with van der Waals surface area (Å²) in [5.41, 5.74) is 2.03. The van der Waals surface area contributed by atoms with E-state index in [2.05, 4.69) is 10.2 Å². The topological polar surface area (TPSA) is 84.9 Å². The van der Waals surface area contributed by atoms with Crippen LogP contribution >= 0.6 is 0 Å². The number of furan rings is 1. The van der Waals surface area contributed by atoms with Crippen LogP contribution in [-0.2, 0) is 4.74 Å². The largest absolute Gasteiger partial charge is 0.468 e. The molecule has 0 saturated carbocycles. The van der Waals surface area contributed by atoms with Crippen molar-refractivity contribution < 1.29 is 18.4 Å². The van der Waals surface area contributed by atoms with Gasteiger partial charge in [-0.25, -0.2) is 0 Å². The van der Waals surface area contributed by atoms with Crippen LogP contribution in [0.4, 0.5) is 0 Å². The lowest BCUT2D eigenvalue weighted by atomic mass is 10.1. The molecular weight excluding hydrogens is 372 g/mol. The molecule has 29 heavy (non-hydrogen) atoms. The lowest BCUT2D eigenvalue weighted by Crippen LogP contribution is -2.43. The third-order valence-electron chi connectivity index (χ3n) is 5.20. The Morgan fingerprint density at radius 3 is 2.72 bits per heavy atom. The number of fused-ring (bicyclic) bond motifs is 1. The Labute approximate surface area is 168 Å². The van der Waals surface area contributed by atoms with Gasteiger partial charge < -0.3 is 18.9 Å². The summed E-state index contributed by atoms with van der Waals surface area (Å²) in [6.45, 7) is 6.92. The molecule has 1 fully saturated rings. The predicted molar refractivity (Wildman–Crippen MR) is 108 cm³/mol. The Kier molecular flexibility index (Phi) is 5.51. The van der Waals surface area contributed by atoms with Crippen molar-refractivity contribution in [2.45, 2.75) is 19.9 Å². The first-order valence-corrected chi connectivity index (χ1v) is 9.71. The summed E-state index contributed by atoms with van der Waals surface area (Å²) in [5, 5.41) is 3.38. The highest BCUT2D eigenvalue weighted by molar-refractivity contribution is 5.93. The average Bonchev–Trinajstić information content (AvgIpc) is 3.24. The fourth-order valence-electron chi connectivity index (χ4n) is 3.78. The van der Waals surface area contributed by atoms with Gasteiger partial charge in [0.15, 0.2) is 11.2 Å². The minimum absolute atomic E-state index is 0.00891. The number of hydrogen-bond donors (Lipinski definition) is 1. The van der Waals surface area contributed by atoms with E-state index in [1.165, 1.54) is 6.07 Å². The van der Waals surface area contributed by atoms with Gasteiger partial charge in [0.05, 0.1) is 30.9 Å². The number of nitrogens with one attached hydrogen (secondary N) is 1. The van der Waals surface area contributed by atoms with Crippen LogP contribution < -0.4 is 10.7 Å². The SMILES string of the molecule is Cc1cc(C)c2oc(C(=O)NC[C@@H](c3ccco3)N3CCOCC3)cc(=O)c2c1. The second-order valence-corrected chi connectivity index (χ2v) is 7.32. The molecule has 1 aliphatic rings. The first kappa shape index (κ1) is 19.4. The maximum Gasteiger partial charge on any atom is 0.287 e. The molecular formula is C22H24N2O5. The van der Waals surface area contributed by atoms with E-state index >= 15 is 0 Å². The Balaban J connectivity index is 1.56. The van der Waals surface area contributed by atoms with Gasteiger partial charge in [-0.1, -0.05) is 6.07 Å². The second-order valence-electron chi connectivity index (χ2n) is 7.32. The van der Waals surface area contributed by atoms with Crippen LogP contribution in [0, 0.1) is 13.8 Å². The number of carbonyl (C=O) groups excluding carboxylic acids is 1. The predicted octanol–water partition coefficient (Wildman–Crippen LogP) is 2.81. The summed E-state index contributed by atoms with van der Waals surface area (Å²) in [6.07, 6.45) is 1.62. The molecule has 0 spiro atoms. The number of hydrogen-bond acceptors (Lipinski definition) is 6.